The number of unbranched alkanes of at least 4 members (excludes halogenated alkanes) is 11. The van der Waals surface area contributed by atoms with Gasteiger partial charge in [-0.1, -0.05) is 145 Å². The molecule has 0 aromatic heterocycles. The van der Waals surface area contributed by atoms with Crippen molar-refractivity contribution < 1.29 is 28.6 Å². The molecule has 0 radical (unpaired) electrons. The lowest BCUT2D eigenvalue weighted by Crippen LogP contribution is -2.28. The number of hydrogen-bond donors (Lipinski definition) is 0. The molecule has 0 spiro atoms. The molecule has 0 aliphatic carbocycles. The van der Waals surface area contributed by atoms with Crippen LogP contribution in [-0.4, -0.2) is 24.0 Å². The summed E-state index contributed by atoms with van der Waals surface area (Å²) >= 11 is 0. The van der Waals surface area contributed by atoms with Crippen LogP contribution in [0.2, 0.25) is 0 Å². The summed E-state index contributed by atoms with van der Waals surface area (Å²) in [7, 11) is 0. The van der Waals surface area contributed by atoms with Crippen LogP contribution < -0.4 is 0 Å². The number of benzene rings is 2. The monoisotopic (exact) mass is 622 g/mol. The van der Waals surface area contributed by atoms with Gasteiger partial charge in [0.1, 0.15) is 19.3 Å². The van der Waals surface area contributed by atoms with Crippen LogP contribution in [0.15, 0.2) is 60.7 Å². The number of hydrogen-bond acceptors (Lipinski definition) is 6. The van der Waals surface area contributed by atoms with E-state index in [4.69, 9.17) is 14.2 Å². The molecule has 0 aliphatic rings. The Morgan fingerprint density at radius 3 is 1.44 bits per heavy atom. The first-order chi connectivity index (χ1) is 22.0. The van der Waals surface area contributed by atoms with E-state index in [1.807, 2.05) is 60.7 Å². The lowest BCUT2D eigenvalue weighted by Gasteiger charge is -2.18. The van der Waals surface area contributed by atoms with Gasteiger partial charge in [0.2, 0.25) is 0 Å². The topological polar surface area (TPSA) is 78.9 Å². The first-order valence-corrected chi connectivity index (χ1v) is 17.6. The van der Waals surface area contributed by atoms with E-state index in [0.717, 1.165) is 75.3 Å². The third-order valence-electron chi connectivity index (χ3n) is 8.20. The van der Waals surface area contributed by atoms with Crippen molar-refractivity contribution in [1.29, 1.82) is 0 Å². The van der Waals surface area contributed by atoms with Crippen molar-refractivity contribution in [2.75, 3.05) is 0 Å². The zero-order valence-corrected chi connectivity index (χ0v) is 28.0. The molecule has 0 atom stereocenters. The van der Waals surface area contributed by atoms with Crippen LogP contribution in [0.4, 0.5) is 0 Å². The predicted molar refractivity (Wildman–Crippen MR) is 180 cm³/mol. The predicted octanol–water partition coefficient (Wildman–Crippen LogP) is 10.1. The van der Waals surface area contributed by atoms with Crippen molar-refractivity contribution in [3.05, 3.63) is 71.8 Å². The summed E-state index contributed by atoms with van der Waals surface area (Å²) in [6.07, 6.45) is 17.9. The lowest BCUT2D eigenvalue weighted by atomic mass is 10.00. The molecule has 0 heterocycles. The van der Waals surface area contributed by atoms with E-state index in [2.05, 4.69) is 13.8 Å². The maximum absolute atomic E-state index is 12.9. The fourth-order valence-corrected chi connectivity index (χ4v) is 5.42. The molecular formula is C39H58O6. The van der Waals surface area contributed by atoms with Gasteiger partial charge in [-0.25, -0.2) is 0 Å². The molecule has 0 saturated heterocycles. The molecular weight excluding hydrogens is 564 g/mol. The molecule has 250 valence electrons. The van der Waals surface area contributed by atoms with Gasteiger partial charge in [0.05, 0.1) is 0 Å². The maximum atomic E-state index is 12.9. The zero-order chi connectivity index (χ0) is 32.4. The van der Waals surface area contributed by atoms with E-state index in [-0.39, 0.29) is 25.3 Å². The smallest absolute Gasteiger partial charge is 0.320 e. The van der Waals surface area contributed by atoms with Crippen LogP contribution in [0, 0.1) is 5.92 Å². The van der Waals surface area contributed by atoms with Gasteiger partial charge in [0.15, 0.2) is 5.92 Å². The molecule has 2 aromatic rings. The minimum absolute atomic E-state index is 0.0585. The standard InChI is InChI=1S/C39H58O6/c1-3-5-7-19-27-35(28-20-8-6-4-2)45-37(40)30-22-12-10-9-11-21-29-36(38(41)43-31-33-23-15-13-16-24-33)39(42)44-32-34-25-17-14-18-26-34/h13-18,23-26,35-36H,3-12,19-22,27-32H2,1-2H3. The number of carbonyl (C=O) groups excluding carboxylic acids is 3. The quantitative estimate of drug-likeness (QED) is 0.0450. The van der Waals surface area contributed by atoms with Crippen LogP contribution in [0.25, 0.3) is 0 Å². The van der Waals surface area contributed by atoms with Gasteiger partial charge in [-0.15, -0.1) is 0 Å². The van der Waals surface area contributed by atoms with Gasteiger partial charge < -0.3 is 14.2 Å². The Labute approximate surface area is 272 Å². The zero-order valence-electron chi connectivity index (χ0n) is 28.0. The van der Waals surface area contributed by atoms with Crippen molar-refractivity contribution in [2.45, 2.75) is 149 Å². The highest BCUT2D eigenvalue weighted by atomic mass is 16.6. The highest BCUT2D eigenvalue weighted by molar-refractivity contribution is 5.94. The summed E-state index contributed by atoms with van der Waals surface area (Å²) in [6.45, 7) is 4.69. The second-order valence-corrected chi connectivity index (χ2v) is 12.2. The summed E-state index contributed by atoms with van der Waals surface area (Å²) < 4.78 is 16.9. The van der Waals surface area contributed by atoms with Gasteiger partial charge >= 0.3 is 17.9 Å². The van der Waals surface area contributed by atoms with Crippen molar-refractivity contribution in [2.24, 2.45) is 5.92 Å². The molecule has 2 aromatic carbocycles. The molecule has 0 N–H and O–H groups in total. The molecule has 6 heteroatoms. The van der Waals surface area contributed by atoms with Gasteiger partial charge in [-0.05, 0) is 49.7 Å². The number of carbonyl (C=O) groups is 3. The van der Waals surface area contributed by atoms with Crippen molar-refractivity contribution in [3.8, 4) is 0 Å². The molecule has 2 rings (SSSR count). The van der Waals surface area contributed by atoms with Gasteiger partial charge in [0, 0.05) is 6.42 Å². The molecule has 45 heavy (non-hydrogen) atoms. The number of rotatable bonds is 26. The average Bonchev–Trinajstić information content (AvgIpc) is 3.06. The SMILES string of the molecule is CCCCCCC(CCCCCC)OC(=O)CCCCCCCCC(C(=O)OCc1ccccc1)C(=O)OCc1ccccc1. The second kappa shape index (κ2) is 25.1. The molecule has 0 aliphatic heterocycles. The minimum Gasteiger partial charge on any atom is -0.462 e. The normalized spacial score (nSPS) is 11.1. The lowest BCUT2D eigenvalue weighted by molar-refractivity contribution is -0.164. The first-order valence-electron chi connectivity index (χ1n) is 17.6. The molecule has 0 amide bonds. The third kappa shape index (κ3) is 18.4. The van der Waals surface area contributed by atoms with Crippen LogP contribution in [-0.2, 0) is 41.8 Å². The van der Waals surface area contributed by atoms with Crippen LogP contribution in [0.1, 0.15) is 141 Å². The molecule has 6 nitrogen and oxygen atoms in total. The third-order valence-corrected chi connectivity index (χ3v) is 8.20. The van der Waals surface area contributed by atoms with Crippen LogP contribution >= 0.6 is 0 Å². The Balaban J connectivity index is 1.69. The van der Waals surface area contributed by atoms with E-state index >= 15 is 0 Å². The Morgan fingerprint density at radius 2 is 0.956 bits per heavy atom. The van der Waals surface area contributed by atoms with Crippen LogP contribution in [0.3, 0.4) is 0 Å². The average molecular weight is 623 g/mol. The van der Waals surface area contributed by atoms with Crippen molar-refractivity contribution in [3.63, 3.8) is 0 Å². The Kier molecular flexibility index (Phi) is 21.2. The minimum atomic E-state index is -0.941. The molecule has 0 unspecified atom stereocenters. The summed E-state index contributed by atoms with van der Waals surface area (Å²) in [6, 6.07) is 18.9. The van der Waals surface area contributed by atoms with Gasteiger partial charge in [-0.3, -0.25) is 14.4 Å². The highest BCUT2D eigenvalue weighted by Crippen LogP contribution is 2.19. The van der Waals surface area contributed by atoms with Gasteiger partial charge in [-0.2, -0.15) is 0 Å². The largest absolute Gasteiger partial charge is 0.462 e. The van der Waals surface area contributed by atoms with E-state index in [9.17, 15) is 14.4 Å². The van der Waals surface area contributed by atoms with E-state index in [1.54, 1.807) is 0 Å². The highest BCUT2D eigenvalue weighted by Gasteiger charge is 2.29. The summed E-state index contributed by atoms with van der Waals surface area (Å²) in [5.74, 6) is -2.07. The van der Waals surface area contributed by atoms with Crippen LogP contribution in [0.5, 0.6) is 0 Å². The van der Waals surface area contributed by atoms with Crippen molar-refractivity contribution >= 4 is 17.9 Å². The summed E-state index contributed by atoms with van der Waals surface area (Å²) in [5.41, 5.74) is 1.75. The second-order valence-electron chi connectivity index (χ2n) is 12.2. The Hall–Kier alpha value is -3.15. The summed E-state index contributed by atoms with van der Waals surface area (Å²) in [4.78, 5) is 38.4. The fourth-order valence-electron chi connectivity index (χ4n) is 5.42. The van der Waals surface area contributed by atoms with Crippen molar-refractivity contribution in [1.82, 2.24) is 0 Å². The Morgan fingerprint density at radius 1 is 0.533 bits per heavy atom. The first kappa shape index (κ1) is 38.0. The maximum Gasteiger partial charge on any atom is 0.320 e. The van der Waals surface area contributed by atoms with E-state index < -0.39 is 17.9 Å². The van der Waals surface area contributed by atoms with Gasteiger partial charge in [0.25, 0.3) is 0 Å². The number of ether oxygens (including phenoxy) is 3. The fraction of sp³-hybridized carbons (Fsp3) is 0.615. The Bertz CT molecular complexity index is 971. The molecule has 0 fully saturated rings. The van der Waals surface area contributed by atoms with E-state index in [0.29, 0.717) is 12.8 Å². The molecule has 0 bridgehead atoms. The number of esters is 3. The molecule has 0 saturated carbocycles. The summed E-state index contributed by atoms with van der Waals surface area (Å²) in [5, 5.41) is 0. The van der Waals surface area contributed by atoms with E-state index in [1.165, 1.54) is 38.5 Å².